The number of primary amides is 1. The van der Waals surface area contributed by atoms with Crippen molar-refractivity contribution >= 4 is 76.4 Å². The fourth-order valence-corrected chi connectivity index (χ4v) is 16.7. The molecule has 2 saturated heterocycles. The zero-order valence-corrected chi connectivity index (χ0v) is 73.3. The van der Waals surface area contributed by atoms with Crippen LogP contribution in [0.5, 0.6) is 46.0 Å². The molecule has 40 heteroatoms. The van der Waals surface area contributed by atoms with Gasteiger partial charge in [0.05, 0.1) is 65.1 Å². The van der Waals surface area contributed by atoms with Crippen LogP contribution in [0.4, 0.5) is 0 Å². The maximum atomic E-state index is 16.5. The Hall–Kier alpha value is -10.6. The molecule has 7 aliphatic heterocycles. The number of hydrogen-bond acceptors (Lipinski definition) is 29. The zero-order valence-electron chi connectivity index (χ0n) is 71.8. The van der Waals surface area contributed by atoms with Crippen molar-refractivity contribution in [3.63, 3.8) is 0 Å². The first-order valence-electron chi connectivity index (χ1n) is 42.8. The van der Waals surface area contributed by atoms with Gasteiger partial charge in [0.2, 0.25) is 59.3 Å². The molecule has 2 fully saturated rings. The fraction of sp³-hybridized carbons (Fsp3) is 0.494. The third kappa shape index (κ3) is 23.8. The highest BCUT2D eigenvalue weighted by Crippen LogP contribution is 2.51. The summed E-state index contributed by atoms with van der Waals surface area (Å²) in [6.45, 7) is 7.82. The van der Waals surface area contributed by atoms with Gasteiger partial charge < -0.3 is 149 Å². The van der Waals surface area contributed by atoms with Crippen LogP contribution in [-0.2, 0) is 76.9 Å². The minimum Gasteiger partial charge on any atom is -0.507 e. The molecule has 19 atom stereocenters. The highest BCUT2D eigenvalue weighted by Gasteiger charge is 2.53. The highest BCUT2D eigenvalue weighted by atomic mass is 35.5. The normalized spacial score (nSPS) is 25.8. The van der Waals surface area contributed by atoms with Gasteiger partial charge in [-0.2, -0.15) is 0 Å². The van der Waals surface area contributed by atoms with Crippen molar-refractivity contribution in [2.75, 3.05) is 33.4 Å². The van der Waals surface area contributed by atoms with Crippen molar-refractivity contribution in [1.82, 2.24) is 53.2 Å². The van der Waals surface area contributed by atoms with Crippen LogP contribution in [0.1, 0.15) is 180 Å². The van der Waals surface area contributed by atoms with Crippen LogP contribution in [0.25, 0.3) is 11.1 Å². The SMILES string of the molecule is CCCCCc1ccc(CNC2(CC)C[C@H](O[C@@H]3C(O)C(O)[C@@H](CO)O[C@H]3Oc3c4cc5cc3Oc3ccc(cc3Cl)[C@@H](O)[C@@H](NC(=O)[C@@H](CC(C)C)NC)C(=O)NC(CC(N)=O)C(=O)N[C@H]5C(=O)N[C@@H]3C(=O)N[C@H](C(=O)N[C@H](C(=O)O)c5cc(O)c(CNCCCNC(=O)CCC[C@H](O)CO)c(O)c5-c5cc3ccc5O)[C@H](O)c3ccc(c(Cl)c3)O4)OC(C)[C@H]2O)cc1. The van der Waals surface area contributed by atoms with Crippen LogP contribution in [-0.4, -0.2) is 233 Å². The van der Waals surface area contributed by atoms with Crippen molar-refractivity contribution in [3.05, 3.63) is 152 Å². The van der Waals surface area contributed by atoms with E-state index in [9.17, 15) is 75.3 Å². The number of aryl methyl sites for hydroxylation is 1. The molecule has 5 unspecified atom stereocenters. The summed E-state index contributed by atoms with van der Waals surface area (Å²) in [4.78, 5) is 132. The summed E-state index contributed by atoms with van der Waals surface area (Å²) in [5.41, 5.74) is 3.26. The number of phenols is 3. The molecule has 7 aliphatic rings. The molecule has 6 aromatic rings. The largest absolute Gasteiger partial charge is 0.507 e. The number of ether oxygens (including phenoxy) is 6. The molecule has 38 nitrogen and oxygen atoms in total. The third-order valence-electron chi connectivity index (χ3n) is 23.5. The predicted molar refractivity (Wildman–Crippen MR) is 463 cm³/mol. The third-order valence-corrected chi connectivity index (χ3v) is 24.1. The summed E-state index contributed by atoms with van der Waals surface area (Å²) in [5, 5.41) is 165. The molecule has 6 aromatic carbocycles. The lowest BCUT2D eigenvalue weighted by Gasteiger charge is -2.49. The first-order valence-corrected chi connectivity index (χ1v) is 43.5. The van der Waals surface area contributed by atoms with Crippen LogP contribution in [0.2, 0.25) is 10.0 Å². The quantitative estimate of drug-likeness (QED) is 0.0270. The van der Waals surface area contributed by atoms with Crippen molar-refractivity contribution < 1.29 is 133 Å². The minimum absolute atomic E-state index is 0.0456. The average molecular weight is 1840 g/mol. The number of aliphatic hydroxyl groups excluding tert-OH is 8. The predicted octanol–water partition coefficient (Wildman–Crippen LogP) is 3.18. The van der Waals surface area contributed by atoms with E-state index in [1.54, 1.807) is 6.92 Å². The number of halogens is 2. The second kappa shape index (κ2) is 44.3. The van der Waals surface area contributed by atoms with Crippen molar-refractivity contribution in [1.29, 1.82) is 0 Å². The van der Waals surface area contributed by atoms with Gasteiger partial charge in [0, 0.05) is 49.2 Å². The van der Waals surface area contributed by atoms with E-state index in [1.165, 1.54) is 19.2 Å². The van der Waals surface area contributed by atoms with E-state index < -0.39 is 262 Å². The van der Waals surface area contributed by atoms with Gasteiger partial charge in [-0.3, -0.25) is 38.4 Å². The first kappa shape index (κ1) is 99.0. The van der Waals surface area contributed by atoms with E-state index in [0.717, 1.165) is 97.5 Å². The Morgan fingerprint density at radius 1 is 0.682 bits per heavy atom. The van der Waals surface area contributed by atoms with Crippen LogP contribution in [0, 0.1) is 5.92 Å². The van der Waals surface area contributed by atoms with E-state index in [0.29, 0.717) is 0 Å². The molecule has 0 spiro atoms. The smallest absolute Gasteiger partial charge is 0.330 e. The van der Waals surface area contributed by atoms with Crippen molar-refractivity contribution in [3.8, 4) is 57.1 Å². The maximum absolute atomic E-state index is 16.5. The van der Waals surface area contributed by atoms with E-state index in [2.05, 4.69) is 60.1 Å². The molecule has 0 aromatic heterocycles. The van der Waals surface area contributed by atoms with E-state index >= 15 is 24.0 Å². The first-order chi connectivity index (χ1) is 61.5. The van der Waals surface area contributed by atoms with E-state index in [4.69, 9.17) is 62.5 Å². The molecule has 700 valence electrons. The second-order valence-corrected chi connectivity index (χ2v) is 34.0. The number of hydrogen-bond donors (Lipinski definition) is 23. The number of nitrogens with two attached hydrogens (primary N) is 1. The number of nitrogens with one attached hydrogen (secondary N) is 10. The molecule has 8 amide bonds. The monoisotopic (exact) mass is 1840 g/mol. The number of fused-ring (bicyclic) bond motifs is 15. The Morgan fingerprint density at radius 2 is 1.33 bits per heavy atom. The summed E-state index contributed by atoms with van der Waals surface area (Å²) in [5.74, 6) is -16.8. The molecule has 24 N–H and O–H groups in total. The van der Waals surface area contributed by atoms with Gasteiger partial charge >= 0.3 is 5.97 Å². The van der Waals surface area contributed by atoms with Gasteiger partial charge in [0.15, 0.2) is 29.9 Å². The van der Waals surface area contributed by atoms with Crippen LogP contribution in [0.3, 0.4) is 0 Å². The van der Waals surface area contributed by atoms with Crippen molar-refractivity contribution in [2.45, 2.75) is 240 Å². The van der Waals surface area contributed by atoms with Gasteiger partial charge in [-0.05, 0) is 159 Å². The number of likely N-dealkylation sites (N-methyl/N-ethyl adjacent to an activating group) is 1. The summed E-state index contributed by atoms with van der Waals surface area (Å²) >= 11 is 14.4. The number of benzene rings is 6. The van der Waals surface area contributed by atoms with Crippen LogP contribution in [0.15, 0.2) is 97.1 Å². The molecular weight excluding hydrogens is 1730 g/mol. The van der Waals surface area contributed by atoms with Gasteiger partial charge in [0.1, 0.15) is 89.5 Å². The molecule has 7 heterocycles. The Morgan fingerprint density at radius 3 is 1.95 bits per heavy atom. The Bertz CT molecular complexity index is 5040. The number of carboxylic acids is 1. The lowest BCUT2D eigenvalue weighted by Crippen LogP contribution is -2.66. The van der Waals surface area contributed by atoms with Gasteiger partial charge in [-0.15, -0.1) is 0 Å². The van der Waals surface area contributed by atoms with E-state index in [1.807, 2.05) is 45.0 Å². The number of aromatic hydroxyl groups is 3. The number of aliphatic carboxylic acids is 1. The molecule has 0 radical (unpaired) electrons. The number of carbonyl (C=O) groups is 9. The number of phenolic OH excluding ortho intramolecular Hbond substituents is 3. The number of amides is 8. The molecule has 13 rings (SSSR count). The number of carboxylic acid groups (broad SMARTS) is 1. The number of aliphatic hydroxyl groups is 8. The second-order valence-electron chi connectivity index (χ2n) is 33.2. The molecule has 129 heavy (non-hydrogen) atoms. The molecule has 0 saturated carbocycles. The Balaban J connectivity index is 1.09. The van der Waals surface area contributed by atoms with Gasteiger partial charge in [-0.25, -0.2) is 4.79 Å². The topological polar surface area (TPSA) is 598 Å². The lowest BCUT2D eigenvalue weighted by molar-refractivity contribution is -0.335. The highest BCUT2D eigenvalue weighted by molar-refractivity contribution is 6.32. The standard InChI is InChI=1S/C89H113Cl2N11O27/c1-7-9-10-13-43-16-18-44(19-17-43)37-96-89(8-2)36-66(124-42(5)80(89)115)128-79-77(114)76(113)63(40-104)127-88(79)129-78-61-32-48-33-62(78)126-60-25-22-47(31-54(60)91)74(111)72-86(121)100-70(87(122)123)51-34-58(107)52(38-94-26-12-27-95-65(109)15-11-14-49(105)39-103)75(112)67(51)50-29-45(20-23-57(50)106)68(83(118)102-72)99-84(119)69(48)98-82(117)56(35-64(92)108)97-85(120)71(101-81(116)55(93-6)28-41(3)4)73(110)46-21-24-59(125-61)53(90)30-46/h16-25,29-34,41-42,49,55-56,63,66,68-74,76-77,79-80,88,93-94,96,103-107,110-115H,7-15,26-28,35-40H2,1-6H3,(H2,92,108)(H,95,109)(H,97,120)(H,98,117)(H,99,119)(H,100,121)(H,101,116)(H,102,118)(H,122,123)/t42?,49-,55+,56?,63+,66-,68-,69+,70-,71+,72-,73+,74+,76?,77?,79+,80+,88-,89?/m0/s1. The summed E-state index contributed by atoms with van der Waals surface area (Å²) in [6.07, 6.45) is -14.6. The molecule has 0 aliphatic carbocycles. The maximum Gasteiger partial charge on any atom is 0.330 e. The fourth-order valence-electron chi connectivity index (χ4n) is 16.3. The average Bonchev–Trinajstić information content (AvgIpc) is 0.758. The zero-order chi connectivity index (χ0) is 93.6. The minimum atomic E-state index is -2.40. The van der Waals surface area contributed by atoms with E-state index in [-0.39, 0.29) is 104 Å². The Labute approximate surface area is 752 Å². The summed E-state index contributed by atoms with van der Waals surface area (Å²) in [7, 11) is 1.47. The van der Waals surface area contributed by atoms with Crippen LogP contribution < -0.4 is 73.1 Å². The van der Waals surface area contributed by atoms with Crippen molar-refractivity contribution in [2.24, 2.45) is 11.7 Å². The van der Waals surface area contributed by atoms with Gasteiger partial charge in [-0.1, -0.05) is 106 Å². The number of carbonyl (C=O) groups excluding carboxylic acids is 8. The summed E-state index contributed by atoms with van der Waals surface area (Å²) in [6, 6.07) is 6.29. The molecule has 11 bridgehead atoms. The number of unbranched alkanes of at least 4 members (excludes halogenated alkanes) is 2. The summed E-state index contributed by atoms with van der Waals surface area (Å²) < 4.78 is 39.9. The number of rotatable bonds is 32. The van der Waals surface area contributed by atoms with Crippen LogP contribution >= 0.6 is 23.2 Å². The lowest BCUT2D eigenvalue weighted by atomic mass is 9.80. The Kier molecular flexibility index (Phi) is 34.0. The molecular formula is C89H113Cl2N11O27. The van der Waals surface area contributed by atoms with Gasteiger partial charge in [0.25, 0.3) is 0 Å².